The van der Waals surface area contributed by atoms with Crippen LogP contribution in [0.1, 0.15) is 29.8 Å². The van der Waals surface area contributed by atoms with Crippen LogP contribution in [0.3, 0.4) is 0 Å². The molecule has 0 unspecified atom stereocenters. The number of aromatic amines is 1. The number of para-hydroxylation sites is 2. The van der Waals surface area contributed by atoms with E-state index in [2.05, 4.69) is 11.1 Å². The van der Waals surface area contributed by atoms with E-state index >= 15 is 0 Å². The first-order valence-corrected chi connectivity index (χ1v) is 11.5. The summed E-state index contributed by atoms with van der Waals surface area (Å²) in [4.78, 5) is 18.4. The molecule has 152 valence electrons. The number of anilines is 1. The van der Waals surface area contributed by atoms with Crippen molar-refractivity contribution in [1.29, 1.82) is 0 Å². The summed E-state index contributed by atoms with van der Waals surface area (Å²) in [5.74, 6) is -0.199. The van der Waals surface area contributed by atoms with Gasteiger partial charge in [0.25, 0.3) is 0 Å². The van der Waals surface area contributed by atoms with Gasteiger partial charge in [-0.3, -0.25) is 9.10 Å². The lowest BCUT2D eigenvalue weighted by Crippen LogP contribution is -2.46. The summed E-state index contributed by atoms with van der Waals surface area (Å²) in [6.45, 7) is 4.20. The molecular formula is C22H25N3O3S. The zero-order chi connectivity index (χ0) is 20.8. The lowest BCUT2D eigenvalue weighted by atomic mass is 9.98. The predicted octanol–water partition coefficient (Wildman–Crippen LogP) is 3.39. The molecule has 1 atom stereocenters. The van der Waals surface area contributed by atoms with E-state index in [-0.39, 0.29) is 18.5 Å². The summed E-state index contributed by atoms with van der Waals surface area (Å²) in [7, 11) is -3.59. The molecule has 0 saturated heterocycles. The standard InChI is InChI=1S/C22H25N3O3S/c1-15-8-4-7-11-20(15)25(29(3,27)28)14-21(26)24-13-12-18-17-9-5-6-10-19(17)23-22(18)16(24)2/h4-11,16,23H,12-14H2,1-3H3/t16-/m1/s1. The Labute approximate surface area is 171 Å². The van der Waals surface area contributed by atoms with Gasteiger partial charge in [0.1, 0.15) is 6.54 Å². The third-order valence-corrected chi connectivity index (χ3v) is 6.84. The zero-order valence-electron chi connectivity index (χ0n) is 16.8. The Morgan fingerprint density at radius 2 is 1.86 bits per heavy atom. The Hall–Kier alpha value is -2.80. The highest BCUT2D eigenvalue weighted by Crippen LogP contribution is 2.34. The van der Waals surface area contributed by atoms with Gasteiger partial charge in [-0.2, -0.15) is 0 Å². The van der Waals surface area contributed by atoms with Gasteiger partial charge in [0.2, 0.25) is 15.9 Å². The van der Waals surface area contributed by atoms with E-state index in [9.17, 15) is 13.2 Å². The first kappa shape index (κ1) is 19.5. The van der Waals surface area contributed by atoms with E-state index in [1.165, 1.54) is 15.3 Å². The van der Waals surface area contributed by atoms with Gasteiger partial charge in [0.05, 0.1) is 18.0 Å². The van der Waals surface area contributed by atoms with Gasteiger partial charge in [-0.15, -0.1) is 0 Å². The van der Waals surface area contributed by atoms with Crippen molar-refractivity contribution < 1.29 is 13.2 Å². The highest BCUT2D eigenvalue weighted by molar-refractivity contribution is 7.92. The molecule has 4 rings (SSSR count). The first-order valence-electron chi connectivity index (χ1n) is 9.69. The molecule has 7 heteroatoms. The molecule has 2 aromatic carbocycles. The molecule has 1 N–H and O–H groups in total. The number of carbonyl (C=O) groups excluding carboxylic acids is 1. The predicted molar refractivity (Wildman–Crippen MR) is 115 cm³/mol. The average molecular weight is 412 g/mol. The maximum Gasteiger partial charge on any atom is 0.243 e. The summed E-state index contributed by atoms with van der Waals surface area (Å²) in [5, 5.41) is 1.19. The number of nitrogens with one attached hydrogen (secondary N) is 1. The van der Waals surface area contributed by atoms with E-state index < -0.39 is 10.0 Å². The smallest absolute Gasteiger partial charge is 0.243 e. The van der Waals surface area contributed by atoms with E-state index in [0.29, 0.717) is 12.2 Å². The number of aryl methyl sites for hydroxylation is 1. The van der Waals surface area contributed by atoms with Crippen LogP contribution < -0.4 is 4.31 Å². The van der Waals surface area contributed by atoms with E-state index in [0.717, 1.165) is 29.5 Å². The molecule has 0 fully saturated rings. The molecule has 3 aromatic rings. The van der Waals surface area contributed by atoms with Crippen molar-refractivity contribution in [3.63, 3.8) is 0 Å². The largest absolute Gasteiger partial charge is 0.356 e. The molecule has 1 aliphatic rings. The Balaban J connectivity index is 1.63. The number of carbonyl (C=O) groups is 1. The Kier molecular flexibility index (Phi) is 4.86. The van der Waals surface area contributed by atoms with Crippen molar-refractivity contribution in [3.05, 3.63) is 65.4 Å². The molecule has 2 heterocycles. The number of rotatable bonds is 4. The zero-order valence-corrected chi connectivity index (χ0v) is 17.7. The van der Waals surface area contributed by atoms with Crippen LogP contribution in [0.5, 0.6) is 0 Å². The second kappa shape index (κ2) is 7.22. The van der Waals surface area contributed by atoms with Crippen LogP contribution in [-0.2, 0) is 21.2 Å². The van der Waals surface area contributed by atoms with E-state index in [1.54, 1.807) is 17.0 Å². The maximum absolute atomic E-state index is 13.2. The van der Waals surface area contributed by atoms with Crippen LogP contribution in [0, 0.1) is 6.92 Å². The number of H-pyrrole nitrogens is 1. The molecule has 0 bridgehead atoms. The SMILES string of the molecule is Cc1ccccc1N(CC(=O)N1CCc2c([nH]c3ccccc23)[C@H]1C)S(C)(=O)=O. The minimum atomic E-state index is -3.59. The normalized spacial score (nSPS) is 16.7. The Morgan fingerprint density at radius 1 is 1.17 bits per heavy atom. The van der Waals surface area contributed by atoms with Crippen molar-refractivity contribution >= 4 is 32.5 Å². The van der Waals surface area contributed by atoms with E-state index in [4.69, 9.17) is 0 Å². The lowest BCUT2D eigenvalue weighted by Gasteiger charge is -2.35. The van der Waals surface area contributed by atoms with Gasteiger partial charge < -0.3 is 9.88 Å². The quantitative estimate of drug-likeness (QED) is 0.715. The molecule has 6 nitrogen and oxygen atoms in total. The number of nitrogens with zero attached hydrogens (tertiary/aromatic N) is 2. The fourth-order valence-electron chi connectivity index (χ4n) is 4.21. The van der Waals surface area contributed by atoms with Crippen LogP contribution in [0.15, 0.2) is 48.5 Å². The number of benzene rings is 2. The highest BCUT2D eigenvalue weighted by atomic mass is 32.2. The van der Waals surface area contributed by atoms with Crippen molar-refractivity contribution in [1.82, 2.24) is 9.88 Å². The number of amides is 1. The summed E-state index contributed by atoms with van der Waals surface area (Å²) < 4.78 is 26.1. The monoisotopic (exact) mass is 411 g/mol. The van der Waals surface area contributed by atoms with Crippen LogP contribution in [-0.4, -0.2) is 43.6 Å². The summed E-state index contributed by atoms with van der Waals surface area (Å²) >= 11 is 0. The summed E-state index contributed by atoms with van der Waals surface area (Å²) in [5.41, 5.74) is 4.70. The first-order chi connectivity index (χ1) is 13.8. The number of hydrogen-bond acceptors (Lipinski definition) is 3. The number of sulfonamides is 1. The lowest BCUT2D eigenvalue weighted by molar-refractivity contribution is -0.132. The number of aromatic nitrogens is 1. The second-order valence-electron chi connectivity index (χ2n) is 7.63. The molecular weight excluding hydrogens is 386 g/mol. The number of hydrogen-bond donors (Lipinski definition) is 1. The maximum atomic E-state index is 13.2. The molecule has 1 aliphatic heterocycles. The highest BCUT2D eigenvalue weighted by Gasteiger charge is 2.32. The van der Waals surface area contributed by atoms with Crippen LogP contribution in [0.4, 0.5) is 5.69 Å². The molecule has 0 spiro atoms. The molecule has 29 heavy (non-hydrogen) atoms. The Morgan fingerprint density at radius 3 is 2.59 bits per heavy atom. The fraction of sp³-hybridized carbons (Fsp3) is 0.318. The van der Waals surface area contributed by atoms with E-state index in [1.807, 2.05) is 44.2 Å². The number of fused-ring (bicyclic) bond motifs is 3. The van der Waals surface area contributed by atoms with Crippen LogP contribution in [0.2, 0.25) is 0 Å². The van der Waals surface area contributed by atoms with Gasteiger partial charge in [0, 0.05) is 23.1 Å². The molecule has 1 aromatic heterocycles. The summed E-state index contributed by atoms with van der Waals surface area (Å²) in [6.07, 6.45) is 1.89. The molecule has 0 saturated carbocycles. The third kappa shape index (κ3) is 3.51. The third-order valence-electron chi connectivity index (χ3n) is 5.72. The molecule has 0 aliphatic carbocycles. The summed E-state index contributed by atoms with van der Waals surface area (Å²) in [6, 6.07) is 15.2. The van der Waals surface area contributed by atoms with Gasteiger partial charge in [-0.1, -0.05) is 36.4 Å². The van der Waals surface area contributed by atoms with Crippen LogP contribution in [0.25, 0.3) is 10.9 Å². The molecule has 0 radical (unpaired) electrons. The molecule has 1 amide bonds. The van der Waals surface area contributed by atoms with Gasteiger partial charge in [-0.25, -0.2) is 8.42 Å². The topological polar surface area (TPSA) is 73.5 Å². The fourth-order valence-corrected chi connectivity index (χ4v) is 5.11. The van der Waals surface area contributed by atoms with Crippen molar-refractivity contribution in [2.24, 2.45) is 0 Å². The second-order valence-corrected chi connectivity index (χ2v) is 9.54. The van der Waals surface area contributed by atoms with Crippen molar-refractivity contribution in [3.8, 4) is 0 Å². The van der Waals surface area contributed by atoms with Crippen molar-refractivity contribution in [2.75, 3.05) is 23.7 Å². The Bertz CT molecular complexity index is 1180. The van der Waals surface area contributed by atoms with Crippen LogP contribution >= 0.6 is 0 Å². The van der Waals surface area contributed by atoms with Gasteiger partial charge in [-0.05, 0) is 43.5 Å². The van der Waals surface area contributed by atoms with Gasteiger partial charge in [0.15, 0.2) is 0 Å². The van der Waals surface area contributed by atoms with Crippen molar-refractivity contribution in [2.45, 2.75) is 26.3 Å². The average Bonchev–Trinajstić information content (AvgIpc) is 3.06. The minimum absolute atomic E-state index is 0.142. The minimum Gasteiger partial charge on any atom is -0.356 e. The van der Waals surface area contributed by atoms with Gasteiger partial charge >= 0.3 is 0 Å².